The van der Waals surface area contributed by atoms with E-state index in [-0.39, 0.29) is 16.3 Å². The minimum Gasteiger partial charge on any atom is -0.388 e. The summed E-state index contributed by atoms with van der Waals surface area (Å²) >= 11 is 0. The molecule has 0 amide bonds. The number of aromatic amines is 1. The first kappa shape index (κ1) is 10.6. The van der Waals surface area contributed by atoms with Gasteiger partial charge in [0.25, 0.3) is 5.89 Å². The lowest BCUT2D eigenvalue weighted by Crippen LogP contribution is -2.13. The van der Waals surface area contributed by atoms with E-state index in [1.165, 1.54) is 18.2 Å². The molecule has 0 bridgehead atoms. The van der Waals surface area contributed by atoms with Crippen LogP contribution in [0.2, 0.25) is 0 Å². The van der Waals surface area contributed by atoms with Gasteiger partial charge in [-0.15, -0.1) is 5.10 Å². The number of hydrogen-bond acceptors (Lipinski definition) is 5. The van der Waals surface area contributed by atoms with Crippen molar-refractivity contribution in [3.63, 3.8) is 0 Å². The highest BCUT2D eigenvalue weighted by molar-refractivity contribution is 7.89. The van der Waals surface area contributed by atoms with Crippen LogP contribution in [0.25, 0.3) is 11.5 Å². The lowest BCUT2D eigenvalue weighted by Gasteiger charge is -2.02. The fraction of sp³-hybridized carbons (Fsp3) is 0. The Morgan fingerprint density at radius 1 is 1.31 bits per heavy atom. The van der Waals surface area contributed by atoms with Gasteiger partial charge in [-0.3, -0.25) is 0 Å². The maximum atomic E-state index is 11.3. The Hall–Kier alpha value is -1.93. The third kappa shape index (κ3) is 1.88. The molecule has 0 radical (unpaired) electrons. The summed E-state index contributed by atoms with van der Waals surface area (Å²) in [6.07, 6.45) is 0. The second-order valence-electron chi connectivity index (χ2n) is 2.96. The molecule has 1 heterocycles. The molecule has 1 aromatic heterocycles. The summed E-state index contributed by atoms with van der Waals surface area (Å²) in [6.45, 7) is 0. The van der Waals surface area contributed by atoms with E-state index < -0.39 is 15.8 Å². The zero-order valence-corrected chi connectivity index (χ0v) is 8.69. The number of sulfonamides is 1. The van der Waals surface area contributed by atoms with Gasteiger partial charge in [-0.1, -0.05) is 12.1 Å². The van der Waals surface area contributed by atoms with Crippen LogP contribution < -0.4 is 10.9 Å². The molecule has 0 atom stereocenters. The topological polar surface area (TPSA) is 119 Å². The van der Waals surface area contributed by atoms with Crippen molar-refractivity contribution in [1.82, 2.24) is 10.2 Å². The van der Waals surface area contributed by atoms with Gasteiger partial charge < -0.3 is 4.42 Å². The highest BCUT2D eigenvalue weighted by atomic mass is 32.2. The molecule has 0 aliphatic carbocycles. The quantitative estimate of drug-likeness (QED) is 0.746. The molecule has 0 fully saturated rings. The zero-order chi connectivity index (χ0) is 11.8. The maximum absolute atomic E-state index is 11.3. The summed E-state index contributed by atoms with van der Waals surface area (Å²) in [5.41, 5.74) is 0.142. The first-order valence-electron chi connectivity index (χ1n) is 4.16. The van der Waals surface area contributed by atoms with Crippen molar-refractivity contribution in [3.8, 4) is 11.5 Å². The highest BCUT2D eigenvalue weighted by Gasteiger charge is 2.17. The van der Waals surface area contributed by atoms with Crippen molar-refractivity contribution >= 4 is 10.0 Å². The van der Waals surface area contributed by atoms with Crippen LogP contribution in [-0.2, 0) is 10.0 Å². The summed E-state index contributed by atoms with van der Waals surface area (Å²) in [5, 5.41) is 10.6. The number of rotatable bonds is 2. The first-order chi connectivity index (χ1) is 7.48. The summed E-state index contributed by atoms with van der Waals surface area (Å²) < 4.78 is 27.2. The number of nitrogens with two attached hydrogens (primary N) is 1. The van der Waals surface area contributed by atoms with Gasteiger partial charge in [0.2, 0.25) is 10.0 Å². The van der Waals surface area contributed by atoms with Gasteiger partial charge in [0, 0.05) is 0 Å². The van der Waals surface area contributed by atoms with Crippen LogP contribution in [0.5, 0.6) is 0 Å². The van der Waals surface area contributed by atoms with E-state index in [0.29, 0.717) is 0 Å². The number of nitrogens with one attached hydrogen (secondary N) is 1. The average molecular weight is 241 g/mol. The third-order valence-electron chi connectivity index (χ3n) is 1.86. The molecule has 0 spiro atoms. The summed E-state index contributed by atoms with van der Waals surface area (Å²) in [7, 11) is -3.89. The van der Waals surface area contributed by atoms with Crippen molar-refractivity contribution in [2.24, 2.45) is 5.14 Å². The zero-order valence-electron chi connectivity index (χ0n) is 7.88. The second-order valence-corrected chi connectivity index (χ2v) is 4.49. The van der Waals surface area contributed by atoms with Crippen molar-refractivity contribution in [1.29, 1.82) is 0 Å². The lowest BCUT2D eigenvalue weighted by molar-refractivity contribution is 0.525. The SMILES string of the molecule is NS(=O)(=O)c1ccccc1-c1n[nH]c(=O)o1. The molecule has 2 aromatic rings. The predicted octanol–water partition coefficient (Wildman–Crippen LogP) is -0.323. The second kappa shape index (κ2) is 3.58. The summed E-state index contributed by atoms with van der Waals surface area (Å²) in [4.78, 5) is 10.6. The molecule has 0 saturated carbocycles. The number of aromatic nitrogens is 2. The minimum atomic E-state index is -3.89. The van der Waals surface area contributed by atoms with E-state index in [1.807, 2.05) is 5.10 Å². The van der Waals surface area contributed by atoms with Gasteiger partial charge in [-0.2, -0.15) is 0 Å². The van der Waals surface area contributed by atoms with Crippen LogP contribution in [0.4, 0.5) is 0 Å². The number of hydrogen-bond donors (Lipinski definition) is 2. The Bertz CT molecular complexity index is 670. The average Bonchev–Trinajstić information content (AvgIpc) is 2.64. The molecule has 0 saturated heterocycles. The van der Waals surface area contributed by atoms with E-state index in [1.54, 1.807) is 6.07 Å². The number of H-pyrrole nitrogens is 1. The van der Waals surface area contributed by atoms with Crippen LogP contribution in [0.1, 0.15) is 0 Å². The highest BCUT2D eigenvalue weighted by Crippen LogP contribution is 2.23. The van der Waals surface area contributed by atoms with Crippen LogP contribution in [-0.4, -0.2) is 18.6 Å². The Balaban J connectivity index is 2.71. The molecular formula is C8H7N3O4S. The van der Waals surface area contributed by atoms with Gasteiger partial charge in [-0.05, 0) is 12.1 Å². The van der Waals surface area contributed by atoms with Gasteiger partial charge in [0.15, 0.2) is 0 Å². The Morgan fingerprint density at radius 3 is 2.56 bits per heavy atom. The Kier molecular flexibility index (Phi) is 2.37. The van der Waals surface area contributed by atoms with Crippen LogP contribution in [0, 0.1) is 0 Å². The molecule has 0 aliphatic heterocycles. The lowest BCUT2D eigenvalue weighted by atomic mass is 10.2. The van der Waals surface area contributed by atoms with Gasteiger partial charge in [0.05, 0.1) is 10.5 Å². The number of benzene rings is 1. The molecule has 2 rings (SSSR count). The molecule has 1 aromatic carbocycles. The van der Waals surface area contributed by atoms with Crippen LogP contribution in [0.3, 0.4) is 0 Å². The van der Waals surface area contributed by atoms with Gasteiger partial charge >= 0.3 is 5.76 Å². The molecule has 8 heteroatoms. The molecule has 7 nitrogen and oxygen atoms in total. The summed E-state index contributed by atoms with van der Waals surface area (Å²) in [6, 6.07) is 5.84. The van der Waals surface area contributed by atoms with Crippen LogP contribution in [0.15, 0.2) is 38.4 Å². The Morgan fingerprint density at radius 2 is 2.00 bits per heavy atom. The maximum Gasteiger partial charge on any atom is 0.434 e. The fourth-order valence-corrected chi connectivity index (χ4v) is 1.97. The smallest absolute Gasteiger partial charge is 0.388 e. The van der Waals surface area contributed by atoms with Gasteiger partial charge in [0.1, 0.15) is 0 Å². The van der Waals surface area contributed by atoms with E-state index in [0.717, 1.165) is 0 Å². The molecule has 16 heavy (non-hydrogen) atoms. The monoisotopic (exact) mass is 241 g/mol. The Labute approximate surface area is 90.0 Å². The molecule has 84 valence electrons. The minimum absolute atomic E-state index is 0.116. The fourth-order valence-electron chi connectivity index (χ4n) is 1.24. The molecule has 0 aliphatic rings. The first-order valence-corrected chi connectivity index (χ1v) is 5.71. The standard InChI is InChI=1S/C8H7N3O4S/c9-16(13,14)6-4-2-1-3-5(6)7-10-11-8(12)15-7/h1-4H,(H,11,12)(H2,9,13,14). The van der Waals surface area contributed by atoms with Crippen molar-refractivity contribution < 1.29 is 12.8 Å². The largest absolute Gasteiger partial charge is 0.434 e. The molecule has 3 N–H and O–H groups in total. The van der Waals surface area contributed by atoms with E-state index in [2.05, 4.69) is 9.52 Å². The van der Waals surface area contributed by atoms with Crippen molar-refractivity contribution in [2.75, 3.05) is 0 Å². The molecular weight excluding hydrogens is 234 g/mol. The predicted molar refractivity (Wildman–Crippen MR) is 53.9 cm³/mol. The van der Waals surface area contributed by atoms with Gasteiger partial charge in [-0.25, -0.2) is 23.4 Å². The summed E-state index contributed by atoms with van der Waals surface area (Å²) in [5.74, 6) is -0.881. The number of nitrogens with zero attached hydrogens (tertiary/aromatic N) is 1. The van der Waals surface area contributed by atoms with E-state index in [9.17, 15) is 13.2 Å². The molecule has 0 unspecified atom stereocenters. The number of primary sulfonamides is 1. The van der Waals surface area contributed by atoms with Crippen LogP contribution >= 0.6 is 0 Å². The normalized spacial score (nSPS) is 11.6. The van der Waals surface area contributed by atoms with E-state index >= 15 is 0 Å². The van der Waals surface area contributed by atoms with Crippen molar-refractivity contribution in [2.45, 2.75) is 4.90 Å². The van der Waals surface area contributed by atoms with Crippen molar-refractivity contribution in [3.05, 3.63) is 34.8 Å². The third-order valence-corrected chi connectivity index (χ3v) is 2.83. The van der Waals surface area contributed by atoms with E-state index in [4.69, 9.17) is 5.14 Å².